The smallest absolute Gasteiger partial charge is 0.452 e. The number of aryl methyl sites for hydroxylation is 3. The van der Waals surface area contributed by atoms with Crippen molar-refractivity contribution >= 4 is 33.2 Å². The standard InChI is InChI=1S/C32H33ClF3N5O5S/c1-17-7-8-20(14-21(17)15-40-16-31(10-11-31)46-27-23(47(40,43)44)13-18(2)25(33)37-27)24(30(4,5)29(42)45-6)22-9-12-41-26(19(22)3)38-39-28(41)32(34,35)36/h7-9,12-14,24H,10-11,15-16H2,1-6H3/t24-/m1/s1. The lowest BCUT2D eigenvalue weighted by Gasteiger charge is -2.34. The predicted octanol–water partition coefficient (Wildman–Crippen LogP) is 6.17. The number of carbonyl (C=O) groups is 1. The minimum atomic E-state index is -4.72. The van der Waals surface area contributed by atoms with E-state index in [2.05, 4.69) is 15.2 Å². The highest BCUT2D eigenvalue weighted by Crippen LogP contribution is 2.48. The number of ether oxygens (including phenoxy) is 2. The first kappa shape index (κ1) is 33.2. The van der Waals surface area contributed by atoms with E-state index in [1.54, 1.807) is 27.7 Å². The van der Waals surface area contributed by atoms with Crippen LogP contribution in [0.4, 0.5) is 13.2 Å². The van der Waals surface area contributed by atoms with Crippen LogP contribution in [-0.2, 0) is 32.3 Å². The fourth-order valence-corrected chi connectivity index (χ4v) is 8.09. The molecule has 1 saturated carbocycles. The number of alkyl halides is 3. The molecule has 0 radical (unpaired) electrons. The second kappa shape index (κ2) is 11.2. The van der Waals surface area contributed by atoms with Gasteiger partial charge in [-0.2, -0.15) is 17.5 Å². The van der Waals surface area contributed by atoms with Crippen molar-refractivity contribution in [3.8, 4) is 5.88 Å². The third-order valence-corrected chi connectivity index (χ3v) is 11.4. The van der Waals surface area contributed by atoms with E-state index in [1.807, 2.05) is 25.1 Å². The number of benzene rings is 1. The molecule has 47 heavy (non-hydrogen) atoms. The number of halogens is 4. The lowest BCUT2D eigenvalue weighted by atomic mass is 9.70. The van der Waals surface area contributed by atoms with Crippen LogP contribution < -0.4 is 4.74 Å². The van der Waals surface area contributed by atoms with Crippen molar-refractivity contribution in [3.63, 3.8) is 0 Å². The highest BCUT2D eigenvalue weighted by atomic mass is 35.5. The van der Waals surface area contributed by atoms with Gasteiger partial charge >= 0.3 is 12.1 Å². The molecule has 15 heteroatoms. The van der Waals surface area contributed by atoms with Gasteiger partial charge in [0, 0.05) is 18.7 Å². The number of esters is 1. The number of carbonyl (C=O) groups excluding carboxylic acids is 1. The van der Waals surface area contributed by atoms with Gasteiger partial charge in [0.1, 0.15) is 15.6 Å². The number of aromatic nitrogens is 4. The average Bonchev–Trinajstić information content (AvgIpc) is 3.60. The number of sulfonamides is 1. The third kappa shape index (κ3) is 5.63. The van der Waals surface area contributed by atoms with Crippen molar-refractivity contribution < 1.29 is 35.9 Å². The second-order valence-electron chi connectivity index (χ2n) is 12.9. The van der Waals surface area contributed by atoms with Crippen LogP contribution in [-0.4, -0.2) is 57.5 Å². The van der Waals surface area contributed by atoms with Gasteiger partial charge in [-0.3, -0.25) is 9.20 Å². The Kier molecular flexibility index (Phi) is 7.88. The van der Waals surface area contributed by atoms with Gasteiger partial charge in [0.05, 0.1) is 19.1 Å². The number of methoxy groups -OCH3 is 1. The van der Waals surface area contributed by atoms with Gasteiger partial charge in [-0.25, -0.2) is 13.4 Å². The highest BCUT2D eigenvalue weighted by Gasteiger charge is 2.53. The predicted molar refractivity (Wildman–Crippen MR) is 166 cm³/mol. The summed E-state index contributed by atoms with van der Waals surface area (Å²) in [5, 5.41) is 7.38. The molecule has 3 aromatic heterocycles. The van der Waals surface area contributed by atoms with Crippen molar-refractivity contribution in [2.45, 2.75) is 76.6 Å². The van der Waals surface area contributed by atoms with Crippen molar-refractivity contribution in [2.75, 3.05) is 13.7 Å². The van der Waals surface area contributed by atoms with Crippen molar-refractivity contribution in [1.82, 2.24) is 23.9 Å². The monoisotopic (exact) mass is 691 g/mol. The fourth-order valence-electron chi connectivity index (χ4n) is 6.33. The molecule has 0 bridgehead atoms. The van der Waals surface area contributed by atoms with Crippen LogP contribution in [0.2, 0.25) is 5.15 Å². The van der Waals surface area contributed by atoms with E-state index in [0.29, 0.717) is 40.7 Å². The number of hydrogen-bond acceptors (Lipinski definition) is 8. The first-order valence-corrected chi connectivity index (χ1v) is 16.7. The van der Waals surface area contributed by atoms with Gasteiger partial charge in [0.25, 0.3) is 0 Å². The molecule has 1 atom stereocenters. The topological polar surface area (TPSA) is 116 Å². The summed E-state index contributed by atoms with van der Waals surface area (Å²) in [6.07, 6.45) is -2.17. The van der Waals surface area contributed by atoms with Crippen molar-refractivity contribution in [3.05, 3.63) is 80.9 Å². The Morgan fingerprint density at radius 2 is 1.81 bits per heavy atom. The molecule has 4 heterocycles. The molecular weight excluding hydrogens is 659 g/mol. The average molecular weight is 692 g/mol. The van der Waals surface area contributed by atoms with Crippen LogP contribution in [0.25, 0.3) is 5.65 Å². The molecule has 1 aliphatic carbocycles. The van der Waals surface area contributed by atoms with Crippen LogP contribution >= 0.6 is 11.6 Å². The summed E-state index contributed by atoms with van der Waals surface area (Å²) in [5.74, 6) is -2.44. The molecule has 6 rings (SSSR count). The maximum Gasteiger partial charge on any atom is 0.452 e. The normalized spacial score (nSPS) is 18.0. The molecule has 1 aliphatic heterocycles. The van der Waals surface area contributed by atoms with Crippen molar-refractivity contribution in [2.24, 2.45) is 5.41 Å². The SMILES string of the molecule is COC(=O)C(C)(C)[C@H](c1ccc(C)c(CN2CC3(CC3)Oc3nc(Cl)c(C)cc3S2(=O)=O)c1)c1ccn2c(C(F)(F)F)nnc2c1C. The Morgan fingerprint density at radius 1 is 1.11 bits per heavy atom. The van der Waals surface area contributed by atoms with Crippen LogP contribution in [0.3, 0.4) is 0 Å². The van der Waals surface area contributed by atoms with Gasteiger partial charge in [-0.15, -0.1) is 10.2 Å². The van der Waals surface area contributed by atoms with Crippen LogP contribution in [0.15, 0.2) is 41.4 Å². The Hall–Kier alpha value is -3.75. The third-order valence-electron chi connectivity index (χ3n) is 9.21. The number of nitrogens with zero attached hydrogens (tertiary/aromatic N) is 5. The van der Waals surface area contributed by atoms with E-state index in [9.17, 15) is 26.4 Å². The summed E-state index contributed by atoms with van der Waals surface area (Å²) in [7, 11) is -2.80. The fraction of sp³-hybridized carbons (Fsp3) is 0.438. The Bertz CT molecular complexity index is 2040. The second-order valence-corrected chi connectivity index (χ2v) is 15.2. The molecule has 1 spiro atoms. The number of fused-ring (bicyclic) bond motifs is 2. The zero-order valence-corrected chi connectivity index (χ0v) is 28.1. The summed E-state index contributed by atoms with van der Waals surface area (Å²) < 4.78 is 82.7. The summed E-state index contributed by atoms with van der Waals surface area (Å²) >= 11 is 6.23. The molecule has 0 amide bonds. The van der Waals surface area contributed by atoms with E-state index >= 15 is 0 Å². The molecule has 2 aliphatic rings. The minimum Gasteiger partial charge on any atom is -0.469 e. The van der Waals surface area contributed by atoms with Crippen LogP contribution in [0, 0.1) is 26.2 Å². The van der Waals surface area contributed by atoms with Gasteiger partial charge in [0.15, 0.2) is 5.65 Å². The van der Waals surface area contributed by atoms with Gasteiger partial charge < -0.3 is 9.47 Å². The van der Waals surface area contributed by atoms with E-state index in [4.69, 9.17) is 21.1 Å². The van der Waals surface area contributed by atoms with Gasteiger partial charge in [-0.1, -0.05) is 29.8 Å². The van der Waals surface area contributed by atoms with E-state index in [-0.39, 0.29) is 34.7 Å². The molecule has 4 aromatic rings. The van der Waals surface area contributed by atoms with Crippen LogP contribution in [0.5, 0.6) is 5.88 Å². The van der Waals surface area contributed by atoms with Crippen LogP contribution in [0.1, 0.15) is 71.8 Å². The van der Waals surface area contributed by atoms with E-state index < -0.39 is 44.9 Å². The summed E-state index contributed by atoms with van der Waals surface area (Å²) in [6, 6.07) is 8.51. The lowest BCUT2D eigenvalue weighted by molar-refractivity contribution is -0.151. The quantitative estimate of drug-likeness (QED) is 0.174. The Labute approximate surface area is 274 Å². The maximum atomic E-state index is 14.1. The molecule has 0 unspecified atom stereocenters. The zero-order chi connectivity index (χ0) is 34.3. The summed E-state index contributed by atoms with van der Waals surface area (Å²) in [4.78, 5) is 17.4. The summed E-state index contributed by atoms with van der Waals surface area (Å²) in [6.45, 7) is 8.66. The molecule has 0 N–H and O–H groups in total. The number of pyridine rings is 2. The van der Waals surface area contributed by atoms with E-state index in [1.165, 1.54) is 29.7 Å². The van der Waals surface area contributed by atoms with Crippen molar-refractivity contribution in [1.29, 1.82) is 0 Å². The zero-order valence-electron chi connectivity index (χ0n) is 26.6. The maximum absolute atomic E-state index is 14.1. The molecular formula is C32H33ClF3N5O5S. The first-order valence-electron chi connectivity index (χ1n) is 14.9. The largest absolute Gasteiger partial charge is 0.469 e. The Morgan fingerprint density at radius 3 is 2.45 bits per heavy atom. The first-order chi connectivity index (χ1) is 21.9. The molecule has 10 nitrogen and oxygen atoms in total. The molecule has 1 fully saturated rings. The Balaban J connectivity index is 1.47. The molecule has 250 valence electrons. The molecule has 0 saturated heterocycles. The number of hydrogen-bond donors (Lipinski definition) is 0. The summed E-state index contributed by atoms with van der Waals surface area (Å²) in [5.41, 5.74) is 1.64. The minimum absolute atomic E-state index is 0.000823. The number of rotatable bonds is 6. The van der Waals surface area contributed by atoms with Gasteiger partial charge in [-0.05, 0) is 93.0 Å². The highest BCUT2D eigenvalue weighted by molar-refractivity contribution is 7.89. The van der Waals surface area contributed by atoms with E-state index in [0.717, 1.165) is 9.96 Å². The lowest BCUT2D eigenvalue weighted by Crippen LogP contribution is -2.38. The molecule has 1 aromatic carbocycles. The van der Waals surface area contributed by atoms with Gasteiger partial charge in [0.2, 0.25) is 21.7 Å².